The minimum Gasteiger partial charge on any atom is -0.462 e. The van der Waals surface area contributed by atoms with Crippen molar-refractivity contribution in [3.05, 3.63) is 65.9 Å². The first-order chi connectivity index (χ1) is 13.4. The second kappa shape index (κ2) is 9.21. The van der Waals surface area contributed by atoms with Crippen LogP contribution in [0.25, 0.3) is 0 Å². The molecule has 0 heterocycles. The first-order valence-corrected chi connectivity index (χ1v) is 9.55. The Morgan fingerprint density at radius 1 is 1.14 bits per heavy atom. The van der Waals surface area contributed by atoms with Gasteiger partial charge in [0.2, 0.25) is 0 Å². The molecule has 0 aliphatic heterocycles. The Kier molecular flexibility index (Phi) is 6.74. The van der Waals surface area contributed by atoms with Crippen molar-refractivity contribution in [2.45, 2.75) is 11.8 Å². The molecule has 2 aromatic rings. The van der Waals surface area contributed by atoms with Gasteiger partial charge in [0.15, 0.2) is 5.57 Å². The maximum atomic E-state index is 12.6. The molecule has 0 saturated heterocycles. The number of anilines is 2. The lowest BCUT2D eigenvalue weighted by atomic mass is 10.2. The van der Waals surface area contributed by atoms with Crippen LogP contribution in [0.1, 0.15) is 12.5 Å². The zero-order valence-corrected chi connectivity index (χ0v) is 15.7. The summed E-state index contributed by atoms with van der Waals surface area (Å²) in [7, 11) is -3.96. The van der Waals surface area contributed by atoms with Crippen LogP contribution in [-0.4, -0.2) is 21.0 Å². The van der Waals surface area contributed by atoms with E-state index in [9.17, 15) is 13.2 Å². The number of nitrogens with one attached hydrogen (secondary N) is 2. The monoisotopic (exact) mass is 396 g/mol. The van der Waals surface area contributed by atoms with Crippen molar-refractivity contribution < 1.29 is 17.9 Å². The first-order valence-electron chi connectivity index (χ1n) is 8.07. The lowest BCUT2D eigenvalue weighted by Gasteiger charge is -2.13. The number of hydrogen-bond acceptors (Lipinski definition) is 7. The Morgan fingerprint density at radius 3 is 2.50 bits per heavy atom. The number of sulfonamides is 1. The third-order valence-electron chi connectivity index (χ3n) is 3.43. The van der Waals surface area contributed by atoms with Crippen molar-refractivity contribution in [3.8, 4) is 12.1 Å². The highest BCUT2D eigenvalue weighted by Gasteiger charge is 2.17. The molecule has 9 heteroatoms. The number of rotatable bonds is 7. The van der Waals surface area contributed by atoms with Crippen LogP contribution in [0.5, 0.6) is 0 Å². The minimum absolute atomic E-state index is 0.0684. The first kappa shape index (κ1) is 20.5. The highest BCUT2D eigenvalue weighted by molar-refractivity contribution is 7.92. The zero-order chi connectivity index (χ0) is 20.6. The summed E-state index contributed by atoms with van der Waals surface area (Å²) in [4.78, 5) is 11.6. The number of benzene rings is 2. The van der Waals surface area contributed by atoms with Gasteiger partial charge < -0.3 is 10.1 Å². The average molecular weight is 396 g/mol. The summed E-state index contributed by atoms with van der Waals surface area (Å²) < 4.78 is 32.4. The standard InChI is InChI=1S/C19H16N4O4S/c1-2-27-19(24)15(12-21)13-22-17-8-3-4-9-18(17)23-28(25,26)16-7-5-6-14(10-16)11-20/h3-10,13,22-23H,2H2,1H3/b15-13+. The molecule has 0 saturated carbocycles. The number of esters is 1. The van der Waals surface area contributed by atoms with Crippen LogP contribution in [0, 0.1) is 22.7 Å². The molecule has 142 valence electrons. The summed E-state index contributed by atoms with van der Waals surface area (Å²) in [6.07, 6.45) is 1.14. The Labute approximate surface area is 162 Å². The quantitative estimate of drug-likeness (QED) is 0.418. The van der Waals surface area contributed by atoms with Gasteiger partial charge in [0.05, 0.1) is 34.5 Å². The van der Waals surface area contributed by atoms with E-state index in [1.165, 1.54) is 30.3 Å². The highest BCUT2D eigenvalue weighted by atomic mass is 32.2. The molecule has 2 rings (SSSR count). The predicted molar refractivity (Wildman–Crippen MR) is 102 cm³/mol. The topological polar surface area (TPSA) is 132 Å². The molecule has 0 aliphatic carbocycles. The summed E-state index contributed by atoms with van der Waals surface area (Å²) in [5.41, 5.74) is 0.466. The summed E-state index contributed by atoms with van der Waals surface area (Å²) in [5, 5.41) is 20.7. The Balaban J connectivity index is 2.30. The molecule has 0 unspecified atom stereocenters. The molecule has 0 aromatic heterocycles. The summed E-state index contributed by atoms with van der Waals surface area (Å²) in [5.74, 6) is -0.788. The van der Waals surface area contributed by atoms with Crippen LogP contribution in [0.4, 0.5) is 11.4 Å². The number of para-hydroxylation sites is 2. The molecule has 2 aromatic carbocycles. The maximum Gasteiger partial charge on any atom is 0.350 e. The SMILES string of the molecule is CCOC(=O)/C(C#N)=C/Nc1ccccc1NS(=O)(=O)c1cccc(C#N)c1. The third kappa shape index (κ3) is 5.10. The van der Waals surface area contributed by atoms with Crippen molar-refractivity contribution in [2.75, 3.05) is 16.6 Å². The lowest BCUT2D eigenvalue weighted by Crippen LogP contribution is -2.14. The van der Waals surface area contributed by atoms with Crippen LogP contribution in [0.15, 0.2) is 65.2 Å². The second-order valence-electron chi connectivity index (χ2n) is 5.33. The van der Waals surface area contributed by atoms with Crippen molar-refractivity contribution in [1.82, 2.24) is 0 Å². The van der Waals surface area contributed by atoms with Crippen LogP contribution in [-0.2, 0) is 19.6 Å². The summed E-state index contributed by atoms with van der Waals surface area (Å²) >= 11 is 0. The van der Waals surface area contributed by atoms with Gasteiger partial charge in [-0.2, -0.15) is 10.5 Å². The van der Waals surface area contributed by atoms with Gasteiger partial charge in [0, 0.05) is 6.20 Å². The van der Waals surface area contributed by atoms with E-state index in [4.69, 9.17) is 15.3 Å². The van der Waals surface area contributed by atoms with Crippen molar-refractivity contribution >= 4 is 27.4 Å². The molecule has 0 atom stereocenters. The number of ether oxygens (including phenoxy) is 1. The van der Waals surface area contributed by atoms with E-state index in [2.05, 4.69) is 10.0 Å². The largest absolute Gasteiger partial charge is 0.462 e. The number of hydrogen-bond donors (Lipinski definition) is 2. The smallest absolute Gasteiger partial charge is 0.350 e. The van der Waals surface area contributed by atoms with Gasteiger partial charge in [-0.05, 0) is 37.3 Å². The van der Waals surface area contributed by atoms with E-state index in [-0.39, 0.29) is 28.3 Å². The van der Waals surface area contributed by atoms with E-state index < -0.39 is 16.0 Å². The Bertz CT molecular complexity index is 1100. The van der Waals surface area contributed by atoms with Gasteiger partial charge >= 0.3 is 5.97 Å². The number of carbonyl (C=O) groups is 1. The fourth-order valence-corrected chi connectivity index (χ4v) is 3.26. The van der Waals surface area contributed by atoms with Gasteiger partial charge in [0.25, 0.3) is 10.0 Å². The number of nitrogens with zero attached hydrogens (tertiary/aromatic N) is 2. The molecule has 28 heavy (non-hydrogen) atoms. The third-order valence-corrected chi connectivity index (χ3v) is 4.80. The van der Waals surface area contributed by atoms with Crippen molar-refractivity contribution in [2.24, 2.45) is 0 Å². The van der Waals surface area contributed by atoms with E-state index in [1.54, 1.807) is 31.2 Å². The normalized spacial score (nSPS) is 11.0. The molecular formula is C19H16N4O4S. The molecule has 0 aliphatic rings. The van der Waals surface area contributed by atoms with Gasteiger partial charge in [-0.1, -0.05) is 18.2 Å². The zero-order valence-electron chi connectivity index (χ0n) is 14.8. The molecule has 0 bridgehead atoms. The predicted octanol–water partition coefficient (Wildman–Crippen LogP) is 2.74. The Morgan fingerprint density at radius 2 is 1.86 bits per heavy atom. The molecule has 0 fully saturated rings. The lowest BCUT2D eigenvalue weighted by molar-refractivity contribution is -0.138. The minimum atomic E-state index is -3.96. The van der Waals surface area contributed by atoms with E-state index >= 15 is 0 Å². The van der Waals surface area contributed by atoms with Crippen LogP contribution in [0.2, 0.25) is 0 Å². The number of carbonyl (C=O) groups excluding carboxylic acids is 1. The van der Waals surface area contributed by atoms with Crippen molar-refractivity contribution in [3.63, 3.8) is 0 Å². The molecular weight excluding hydrogens is 380 g/mol. The maximum absolute atomic E-state index is 12.6. The van der Waals surface area contributed by atoms with Gasteiger partial charge in [-0.3, -0.25) is 4.72 Å². The molecule has 0 amide bonds. The van der Waals surface area contributed by atoms with Crippen LogP contribution >= 0.6 is 0 Å². The van der Waals surface area contributed by atoms with Crippen molar-refractivity contribution in [1.29, 1.82) is 10.5 Å². The molecule has 0 radical (unpaired) electrons. The molecule has 8 nitrogen and oxygen atoms in total. The van der Waals surface area contributed by atoms with Crippen LogP contribution in [0.3, 0.4) is 0 Å². The van der Waals surface area contributed by atoms with Crippen LogP contribution < -0.4 is 10.0 Å². The Hall–Kier alpha value is -3.82. The molecule has 2 N–H and O–H groups in total. The highest BCUT2D eigenvalue weighted by Crippen LogP contribution is 2.25. The summed E-state index contributed by atoms with van der Waals surface area (Å²) in [6, 6.07) is 15.6. The molecule has 0 spiro atoms. The second-order valence-corrected chi connectivity index (χ2v) is 7.01. The fourth-order valence-electron chi connectivity index (χ4n) is 2.13. The van der Waals surface area contributed by atoms with E-state index in [1.807, 2.05) is 6.07 Å². The van der Waals surface area contributed by atoms with E-state index in [0.29, 0.717) is 5.69 Å². The fraction of sp³-hybridized carbons (Fsp3) is 0.105. The van der Waals surface area contributed by atoms with Gasteiger partial charge in [-0.15, -0.1) is 0 Å². The van der Waals surface area contributed by atoms with Gasteiger partial charge in [-0.25, -0.2) is 13.2 Å². The number of nitriles is 2. The average Bonchev–Trinajstić information content (AvgIpc) is 2.69. The van der Waals surface area contributed by atoms with E-state index in [0.717, 1.165) is 6.20 Å². The van der Waals surface area contributed by atoms with Gasteiger partial charge in [0.1, 0.15) is 6.07 Å². The summed E-state index contributed by atoms with van der Waals surface area (Å²) in [6.45, 7) is 1.74.